The minimum absolute atomic E-state index is 0.0369. The number of carbonyl (C=O) groups is 1. The zero-order chi connectivity index (χ0) is 15.4. The maximum Gasteiger partial charge on any atom is 0.254 e. The molecular formula is C17H20N2O2. The van der Waals surface area contributed by atoms with E-state index in [1.165, 1.54) is 0 Å². The van der Waals surface area contributed by atoms with Crippen LogP contribution in [0.4, 0.5) is 5.69 Å². The largest absolute Gasteiger partial charge is 0.496 e. The van der Waals surface area contributed by atoms with Gasteiger partial charge in [0.25, 0.3) is 5.91 Å². The third kappa shape index (κ3) is 3.54. The van der Waals surface area contributed by atoms with Gasteiger partial charge in [0.1, 0.15) is 5.75 Å². The Kier molecular flexibility index (Phi) is 4.48. The lowest BCUT2D eigenvalue weighted by Gasteiger charge is -2.18. The molecular weight excluding hydrogens is 264 g/mol. The van der Waals surface area contributed by atoms with Gasteiger partial charge in [0, 0.05) is 24.8 Å². The maximum atomic E-state index is 12.4. The standard InChI is InChI=1S/C17H20N2O2/c1-12-4-7-14(10-16(12)21-3)17(20)19(2)11-13-5-8-15(18)9-6-13/h4-10H,11,18H2,1-3H3. The highest BCUT2D eigenvalue weighted by atomic mass is 16.5. The number of benzene rings is 2. The fraction of sp³-hybridized carbons (Fsp3) is 0.235. The summed E-state index contributed by atoms with van der Waals surface area (Å²) < 4.78 is 5.26. The highest BCUT2D eigenvalue weighted by Gasteiger charge is 2.13. The molecule has 110 valence electrons. The Morgan fingerprint density at radius 2 is 1.86 bits per heavy atom. The summed E-state index contributed by atoms with van der Waals surface area (Å²) in [6, 6.07) is 13.0. The van der Waals surface area contributed by atoms with Crippen LogP contribution in [0.1, 0.15) is 21.5 Å². The number of hydrogen-bond donors (Lipinski definition) is 1. The van der Waals surface area contributed by atoms with Gasteiger partial charge in [-0.15, -0.1) is 0 Å². The van der Waals surface area contributed by atoms with Crippen molar-refractivity contribution < 1.29 is 9.53 Å². The van der Waals surface area contributed by atoms with Crippen LogP contribution in [0, 0.1) is 6.92 Å². The zero-order valence-electron chi connectivity index (χ0n) is 12.6. The number of nitrogen functional groups attached to an aromatic ring is 1. The summed E-state index contributed by atoms with van der Waals surface area (Å²) in [7, 11) is 3.39. The molecule has 1 amide bonds. The molecule has 0 aliphatic carbocycles. The van der Waals surface area contributed by atoms with Crippen LogP contribution in [-0.4, -0.2) is 25.0 Å². The number of amides is 1. The number of ether oxygens (including phenoxy) is 1. The molecule has 0 saturated heterocycles. The van der Waals surface area contributed by atoms with Crippen LogP contribution in [0.15, 0.2) is 42.5 Å². The van der Waals surface area contributed by atoms with Gasteiger partial charge >= 0.3 is 0 Å². The molecule has 0 radical (unpaired) electrons. The molecule has 0 spiro atoms. The number of methoxy groups -OCH3 is 1. The predicted molar refractivity (Wildman–Crippen MR) is 84.4 cm³/mol. The zero-order valence-corrected chi connectivity index (χ0v) is 12.6. The number of hydrogen-bond acceptors (Lipinski definition) is 3. The number of rotatable bonds is 4. The van der Waals surface area contributed by atoms with E-state index in [1.54, 1.807) is 25.1 Å². The number of anilines is 1. The molecule has 0 heterocycles. The van der Waals surface area contributed by atoms with E-state index in [2.05, 4.69) is 0 Å². The van der Waals surface area contributed by atoms with E-state index in [0.29, 0.717) is 12.1 Å². The second-order valence-corrected chi connectivity index (χ2v) is 5.09. The third-order valence-electron chi connectivity index (χ3n) is 3.40. The van der Waals surface area contributed by atoms with Crippen molar-refractivity contribution in [1.29, 1.82) is 0 Å². The Morgan fingerprint density at radius 3 is 2.48 bits per heavy atom. The second-order valence-electron chi connectivity index (χ2n) is 5.09. The van der Waals surface area contributed by atoms with Crippen molar-refractivity contribution in [3.63, 3.8) is 0 Å². The minimum atomic E-state index is -0.0369. The second kappa shape index (κ2) is 6.31. The number of nitrogens with two attached hydrogens (primary N) is 1. The van der Waals surface area contributed by atoms with E-state index >= 15 is 0 Å². The van der Waals surface area contributed by atoms with Gasteiger partial charge in [0.05, 0.1) is 7.11 Å². The van der Waals surface area contributed by atoms with Gasteiger partial charge in [-0.25, -0.2) is 0 Å². The van der Waals surface area contributed by atoms with Gasteiger partial charge < -0.3 is 15.4 Å². The smallest absolute Gasteiger partial charge is 0.254 e. The van der Waals surface area contributed by atoms with Crippen LogP contribution < -0.4 is 10.5 Å². The van der Waals surface area contributed by atoms with Crippen LogP contribution in [0.2, 0.25) is 0 Å². The first-order valence-corrected chi connectivity index (χ1v) is 6.76. The fourth-order valence-electron chi connectivity index (χ4n) is 2.14. The van der Waals surface area contributed by atoms with E-state index in [0.717, 1.165) is 22.6 Å². The Hall–Kier alpha value is -2.49. The molecule has 2 aromatic carbocycles. The lowest BCUT2D eigenvalue weighted by molar-refractivity contribution is 0.0784. The van der Waals surface area contributed by atoms with Gasteiger partial charge in [0.15, 0.2) is 0 Å². The lowest BCUT2D eigenvalue weighted by Crippen LogP contribution is -2.26. The molecule has 2 N–H and O–H groups in total. The van der Waals surface area contributed by atoms with Crippen molar-refractivity contribution in [2.24, 2.45) is 0 Å². The Morgan fingerprint density at radius 1 is 1.19 bits per heavy atom. The molecule has 4 heteroatoms. The summed E-state index contributed by atoms with van der Waals surface area (Å²) in [5.41, 5.74) is 9.05. The summed E-state index contributed by atoms with van der Waals surface area (Å²) >= 11 is 0. The quantitative estimate of drug-likeness (QED) is 0.878. The summed E-state index contributed by atoms with van der Waals surface area (Å²) in [6.45, 7) is 2.49. The van der Waals surface area contributed by atoms with E-state index in [9.17, 15) is 4.79 Å². The topological polar surface area (TPSA) is 55.6 Å². The third-order valence-corrected chi connectivity index (χ3v) is 3.40. The molecule has 2 rings (SSSR count). The molecule has 4 nitrogen and oxygen atoms in total. The Labute approximate surface area is 125 Å². The Bertz CT molecular complexity index is 636. The van der Waals surface area contributed by atoms with Gasteiger partial charge in [-0.2, -0.15) is 0 Å². The molecule has 0 unspecified atom stereocenters. The van der Waals surface area contributed by atoms with E-state index in [1.807, 2.05) is 43.3 Å². The SMILES string of the molecule is COc1cc(C(=O)N(C)Cc2ccc(N)cc2)ccc1C. The van der Waals surface area contributed by atoms with Crippen molar-refractivity contribution in [2.75, 3.05) is 19.9 Å². The highest BCUT2D eigenvalue weighted by Crippen LogP contribution is 2.20. The van der Waals surface area contributed by atoms with Crippen molar-refractivity contribution >= 4 is 11.6 Å². The maximum absolute atomic E-state index is 12.4. The first kappa shape index (κ1) is 14.9. The van der Waals surface area contributed by atoms with Crippen molar-refractivity contribution in [2.45, 2.75) is 13.5 Å². The molecule has 0 saturated carbocycles. The van der Waals surface area contributed by atoms with E-state index < -0.39 is 0 Å². The Balaban J connectivity index is 2.13. The van der Waals surface area contributed by atoms with Crippen molar-refractivity contribution in [1.82, 2.24) is 4.90 Å². The van der Waals surface area contributed by atoms with Crippen LogP contribution in [-0.2, 0) is 6.54 Å². The molecule has 0 aliphatic heterocycles. The molecule has 0 atom stereocenters. The molecule has 0 fully saturated rings. The van der Waals surface area contributed by atoms with Crippen LogP contribution in [0.25, 0.3) is 0 Å². The predicted octanol–water partition coefficient (Wildman–Crippen LogP) is 2.86. The van der Waals surface area contributed by atoms with Gasteiger partial charge in [-0.1, -0.05) is 18.2 Å². The van der Waals surface area contributed by atoms with Crippen LogP contribution in [0.5, 0.6) is 5.75 Å². The normalized spacial score (nSPS) is 10.2. The number of aryl methyl sites for hydroxylation is 1. The molecule has 0 aromatic heterocycles. The van der Waals surface area contributed by atoms with Crippen molar-refractivity contribution in [3.8, 4) is 5.75 Å². The molecule has 0 bridgehead atoms. The monoisotopic (exact) mass is 284 g/mol. The van der Waals surface area contributed by atoms with Gasteiger partial charge in [-0.05, 0) is 42.3 Å². The van der Waals surface area contributed by atoms with Crippen molar-refractivity contribution in [3.05, 3.63) is 59.2 Å². The van der Waals surface area contributed by atoms with Gasteiger partial charge in [0.2, 0.25) is 0 Å². The first-order chi connectivity index (χ1) is 10.0. The fourth-order valence-corrected chi connectivity index (χ4v) is 2.14. The summed E-state index contributed by atoms with van der Waals surface area (Å²) in [5, 5.41) is 0. The molecule has 0 aliphatic rings. The van der Waals surface area contributed by atoms with Gasteiger partial charge in [-0.3, -0.25) is 4.79 Å². The number of nitrogens with zero attached hydrogens (tertiary/aromatic N) is 1. The average Bonchev–Trinajstić information content (AvgIpc) is 2.49. The average molecular weight is 284 g/mol. The first-order valence-electron chi connectivity index (χ1n) is 6.76. The summed E-state index contributed by atoms with van der Waals surface area (Å²) in [6.07, 6.45) is 0. The summed E-state index contributed by atoms with van der Waals surface area (Å²) in [4.78, 5) is 14.1. The minimum Gasteiger partial charge on any atom is -0.496 e. The van der Waals surface area contributed by atoms with Crippen LogP contribution in [0.3, 0.4) is 0 Å². The molecule has 21 heavy (non-hydrogen) atoms. The lowest BCUT2D eigenvalue weighted by atomic mass is 10.1. The summed E-state index contributed by atoms with van der Waals surface area (Å²) in [5.74, 6) is 0.687. The van der Waals surface area contributed by atoms with Crippen LogP contribution >= 0.6 is 0 Å². The molecule has 2 aromatic rings. The van der Waals surface area contributed by atoms with E-state index in [4.69, 9.17) is 10.5 Å². The van der Waals surface area contributed by atoms with E-state index in [-0.39, 0.29) is 5.91 Å². The number of carbonyl (C=O) groups excluding carboxylic acids is 1. The highest BCUT2D eigenvalue weighted by molar-refractivity contribution is 5.94.